The Hall–Kier alpha value is -1.64. The Labute approximate surface area is 177 Å². The first kappa shape index (κ1) is 21.7. The number of guanidine groups is 1. The predicted molar refractivity (Wildman–Crippen MR) is 117 cm³/mol. The van der Waals surface area contributed by atoms with E-state index in [1.165, 1.54) is 12.1 Å². The average Bonchev–Trinajstić information content (AvgIpc) is 3.06. The van der Waals surface area contributed by atoms with Crippen LogP contribution in [0, 0.1) is 11.2 Å². The van der Waals surface area contributed by atoms with Crippen molar-refractivity contribution in [3.63, 3.8) is 0 Å². The second-order valence-electron chi connectivity index (χ2n) is 7.90. The fourth-order valence-corrected chi connectivity index (χ4v) is 3.14. The highest BCUT2D eigenvalue weighted by molar-refractivity contribution is 14.0. The molecule has 0 amide bonds. The summed E-state index contributed by atoms with van der Waals surface area (Å²) in [6.07, 6.45) is 2.38. The number of nitrogens with zero attached hydrogens (tertiary/aromatic N) is 3. The van der Waals surface area contributed by atoms with Gasteiger partial charge in [-0.25, -0.2) is 9.37 Å². The van der Waals surface area contributed by atoms with E-state index in [1.54, 1.807) is 18.4 Å². The maximum absolute atomic E-state index is 13.0. The Morgan fingerprint density at radius 2 is 1.93 bits per heavy atom. The van der Waals surface area contributed by atoms with Crippen molar-refractivity contribution in [2.75, 3.05) is 20.1 Å². The first-order valence-electron chi connectivity index (χ1n) is 8.93. The Balaban J connectivity index is 0.00000261. The Morgan fingerprint density at radius 1 is 1.26 bits per heavy atom. The number of aliphatic imine (C=N–C) groups is 1. The second kappa shape index (κ2) is 8.16. The third-order valence-corrected chi connectivity index (χ3v) is 5.66. The zero-order chi connectivity index (χ0) is 18.9. The maximum atomic E-state index is 13.0. The molecule has 0 saturated carbocycles. The van der Waals surface area contributed by atoms with Crippen molar-refractivity contribution < 1.29 is 8.81 Å². The highest BCUT2D eigenvalue weighted by Crippen LogP contribution is 2.46. The lowest BCUT2D eigenvalue weighted by Crippen LogP contribution is -2.72. The minimum atomic E-state index is -0.270. The quantitative estimate of drug-likeness (QED) is 0.397. The molecule has 2 aromatic rings. The topological polar surface area (TPSA) is 53.7 Å². The van der Waals surface area contributed by atoms with Gasteiger partial charge in [-0.05, 0) is 38.1 Å². The molecule has 0 bridgehead atoms. The second-order valence-corrected chi connectivity index (χ2v) is 7.90. The van der Waals surface area contributed by atoms with Gasteiger partial charge in [-0.2, -0.15) is 0 Å². The molecule has 7 heteroatoms. The summed E-state index contributed by atoms with van der Waals surface area (Å²) < 4.78 is 18.5. The molecule has 1 aromatic heterocycles. The van der Waals surface area contributed by atoms with Crippen LogP contribution in [-0.4, -0.2) is 41.5 Å². The summed E-state index contributed by atoms with van der Waals surface area (Å²) in [5, 5.41) is 3.41. The van der Waals surface area contributed by atoms with Crippen LogP contribution in [-0.2, 0) is 6.42 Å². The van der Waals surface area contributed by atoms with Crippen LogP contribution in [0.3, 0.4) is 0 Å². The van der Waals surface area contributed by atoms with Gasteiger partial charge >= 0.3 is 0 Å². The number of halogens is 2. The summed E-state index contributed by atoms with van der Waals surface area (Å²) in [7, 11) is 1.81. The molecule has 1 aromatic carbocycles. The summed E-state index contributed by atoms with van der Waals surface area (Å²) >= 11 is 0. The molecule has 3 rings (SSSR count). The monoisotopic (exact) mass is 486 g/mol. The molecule has 2 heterocycles. The van der Waals surface area contributed by atoms with Crippen molar-refractivity contribution in [3.05, 3.63) is 42.0 Å². The molecule has 0 radical (unpaired) electrons. The van der Waals surface area contributed by atoms with Crippen molar-refractivity contribution in [1.82, 2.24) is 15.2 Å². The first-order valence-corrected chi connectivity index (χ1v) is 8.93. The van der Waals surface area contributed by atoms with Gasteiger partial charge in [0.25, 0.3) is 0 Å². The lowest BCUT2D eigenvalue weighted by molar-refractivity contribution is -0.0666. The van der Waals surface area contributed by atoms with Gasteiger partial charge in [0.05, 0.1) is 5.69 Å². The number of aromatic nitrogens is 1. The highest BCUT2D eigenvalue weighted by atomic mass is 127. The van der Waals surface area contributed by atoms with E-state index < -0.39 is 0 Å². The van der Waals surface area contributed by atoms with Crippen molar-refractivity contribution in [1.29, 1.82) is 0 Å². The first-order chi connectivity index (χ1) is 12.2. The number of hydrogen-bond donors (Lipinski definition) is 1. The van der Waals surface area contributed by atoms with Crippen LogP contribution >= 0.6 is 24.0 Å². The molecule has 0 unspecified atom stereocenters. The van der Waals surface area contributed by atoms with Crippen LogP contribution in [0.4, 0.5) is 4.39 Å². The van der Waals surface area contributed by atoms with Crippen molar-refractivity contribution >= 4 is 29.9 Å². The van der Waals surface area contributed by atoms with Gasteiger partial charge in [0.1, 0.15) is 12.1 Å². The molecular weight excluding hydrogens is 458 g/mol. The van der Waals surface area contributed by atoms with Crippen LogP contribution < -0.4 is 5.32 Å². The van der Waals surface area contributed by atoms with Gasteiger partial charge in [-0.1, -0.05) is 13.8 Å². The highest BCUT2D eigenvalue weighted by Gasteiger charge is 2.53. The van der Waals surface area contributed by atoms with E-state index in [0.717, 1.165) is 36.7 Å². The van der Waals surface area contributed by atoms with E-state index in [0.29, 0.717) is 5.89 Å². The van der Waals surface area contributed by atoms with Gasteiger partial charge in [-0.15, -0.1) is 24.0 Å². The van der Waals surface area contributed by atoms with Gasteiger partial charge in [0, 0.05) is 43.1 Å². The summed E-state index contributed by atoms with van der Waals surface area (Å²) in [4.78, 5) is 11.2. The molecule has 1 saturated heterocycles. The smallest absolute Gasteiger partial charge is 0.226 e. The average molecular weight is 486 g/mol. The van der Waals surface area contributed by atoms with E-state index >= 15 is 0 Å². The fourth-order valence-electron chi connectivity index (χ4n) is 3.14. The number of benzene rings is 1. The molecule has 0 spiro atoms. The van der Waals surface area contributed by atoms with Crippen molar-refractivity contribution in [3.8, 4) is 11.5 Å². The van der Waals surface area contributed by atoms with E-state index in [9.17, 15) is 4.39 Å². The summed E-state index contributed by atoms with van der Waals surface area (Å²) in [5.41, 5.74) is 1.96. The largest absolute Gasteiger partial charge is 0.444 e. The lowest BCUT2D eigenvalue weighted by atomic mass is 9.65. The summed E-state index contributed by atoms with van der Waals surface area (Å²) in [6, 6.07) is 6.14. The van der Waals surface area contributed by atoms with Crippen LogP contribution in [0.5, 0.6) is 0 Å². The molecular formula is C20H28FIN4O. The van der Waals surface area contributed by atoms with Gasteiger partial charge < -0.3 is 14.6 Å². The van der Waals surface area contributed by atoms with Crippen LogP contribution in [0.15, 0.2) is 39.9 Å². The molecule has 5 nitrogen and oxygen atoms in total. The van der Waals surface area contributed by atoms with E-state index in [1.807, 2.05) is 7.05 Å². The van der Waals surface area contributed by atoms with Crippen LogP contribution in [0.2, 0.25) is 0 Å². The molecule has 1 aliphatic heterocycles. The number of hydrogen-bond acceptors (Lipinski definition) is 3. The minimum Gasteiger partial charge on any atom is -0.444 e. The van der Waals surface area contributed by atoms with Gasteiger partial charge in [0.2, 0.25) is 5.89 Å². The summed E-state index contributed by atoms with van der Waals surface area (Å²) in [6.45, 7) is 10.8. The number of rotatable bonds is 4. The predicted octanol–water partition coefficient (Wildman–Crippen LogP) is 4.34. The Bertz CT molecular complexity index is 799. The third kappa shape index (κ3) is 4.28. The molecule has 1 aliphatic rings. The third-order valence-electron chi connectivity index (χ3n) is 5.66. The van der Waals surface area contributed by atoms with Gasteiger partial charge in [0.15, 0.2) is 5.96 Å². The molecule has 0 atom stereocenters. The SMILES string of the molecule is CN=C(NCCc1coc(-c2ccc(F)cc2)n1)N1CC(C)(C)C1(C)C.I. The Kier molecular flexibility index (Phi) is 6.55. The normalized spacial score (nSPS) is 17.9. The zero-order valence-corrected chi connectivity index (χ0v) is 18.9. The van der Waals surface area contributed by atoms with Gasteiger partial charge in [-0.3, -0.25) is 4.99 Å². The van der Waals surface area contributed by atoms with E-state index in [2.05, 4.69) is 47.9 Å². The maximum Gasteiger partial charge on any atom is 0.226 e. The molecule has 1 fully saturated rings. The molecule has 27 heavy (non-hydrogen) atoms. The fraction of sp³-hybridized carbons (Fsp3) is 0.500. The zero-order valence-electron chi connectivity index (χ0n) is 16.5. The number of nitrogens with one attached hydrogen (secondary N) is 1. The van der Waals surface area contributed by atoms with Crippen LogP contribution in [0.25, 0.3) is 11.5 Å². The van der Waals surface area contributed by atoms with E-state index in [4.69, 9.17) is 4.42 Å². The minimum absolute atomic E-state index is 0. The number of oxazole rings is 1. The Morgan fingerprint density at radius 3 is 2.48 bits per heavy atom. The van der Waals surface area contributed by atoms with E-state index in [-0.39, 0.29) is 40.7 Å². The van der Waals surface area contributed by atoms with Crippen molar-refractivity contribution in [2.24, 2.45) is 10.4 Å². The number of likely N-dealkylation sites (tertiary alicyclic amines) is 1. The molecule has 1 N–H and O–H groups in total. The standard InChI is InChI=1S/C20H27FN4O.HI/c1-19(2)13-25(20(19,3)4)18(22-5)23-11-10-16-12-26-17(24-16)14-6-8-15(21)9-7-14;/h6-9,12H,10-11,13H2,1-5H3,(H,22,23);1H. The summed E-state index contributed by atoms with van der Waals surface area (Å²) in [5.74, 6) is 1.15. The lowest BCUT2D eigenvalue weighted by Gasteiger charge is -2.62. The van der Waals surface area contributed by atoms with Crippen molar-refractivity contribution in [2.45, 2.75) is 39.7 Å². The molecule has 148 valence electrons. The molecule has 0 aliphatic carbocycles. The van der Waals surface area contributed by atoms with Crippen LogP contribution in [0.1, 0.15) is 33.4 Å².